The fourth-order valence-electron chi connectivity index (χ4n) is 2.18. The van der Waals surface area contributed by atoms with Crippen LogP contribution in [0.3, 0.4) is 0 Å². The highest BCUT2D eigenvalue weighted by molar-refractivity contribution is 6.19. The van der Waals surface area contributed by atoms with Gasteiger partial charge in [-0.2, -0.15) is 4.99 Å². The molecule has 3 atom stereocenters. The van der Waals surface area contributed by atoms with Crippen molar-refractivity contribution in [3.8, 4) is 0 Å². The second-order valence-corrected chi connectivity index (χ2v) is 4.12. The first-order valence-corrected chi connectivity index (χ1v) is 5.51. The summed E-state index contributed by atoms with van der Waals surface area (Å²) in [7, 11) is 0. The fraction of sp³-hybridized carbons (Fsp3) is 0.600. The van der Waals surface area contributed by atoms with Crippen molar-refractivity contribution in [3.05, 3.63) is 0 Å². The predicted molar refractivity (Wildman–Crippen MR) is 60.0 cm³/mol. The van der Waals surface area contributed by atoms with Gasteiger partial charge in [0.1, 0.15) is 18.4 Å². The summed E-state index contributed by atoms with van der Waals surface area (Å²) in [6.45, 7) is 0.0117. The molecule has 3 heterocycles. The normalized spacial score (nSPS) is 35.4. The Balaban J connectivity index is 1.78. The SMILES string of the molecule is O=C1N=CN=C2C1N=CN2[C@H]1CC[C@@H](CO)O1. The van der Waals surface area contributed by atoms with Gasteiger partial charge in [-0.25, -0.2) is 4.99 Å². The first kappa shape index (κ1) is 10.5. The Labute approximate surface area is 97.5 Å². The van der Waals surface area contributed by atoms with Crippen LogP contribution in [0.25, 0.3) is 0 Å². The van der Waals surface area contributed by atoms with E-state index in [4.69, 9.17) is 9.84 Å². The van der Waals surface area contributed by atoms with Crippen LogP contribution >= 0.6 is 0 Å². The average Bonchev–Trinajstić information content (AvgIpc) is 2.94. The number of ether oxygens (including phenoxy) is 1. The van der Waals surface area contributed by atoms with Gasteiger partial charge in [0.2, 0.25) is 0 Å². The number of aliphatic hydroxyl groups excluding tert-OH is 1. The van der Waals surface area contributed by atoms with E-state index in [-0.39, 0.29) is 24.8 Å². The molecule has 3 aliphatic heterocycles. The number of hydrogen-bond donors (Lipinski definition) is 1. The number of carbonyl (C=O) groups excluding carboxylic acids is 1. The van der Waals surface area contributed by atoms with Crippen molar-refractivity contribution in [1.29, 1.82) is 0 Å². The lowest BCUT2D eigenvalue weighted by atomic mass is 10.2. The zero-order valence-electron chi connectivity index (χ0n) is 9.06. The smallest absolute Gasteiger partial charge is 0.279 e. The van der Waals surface area contributed by atoms with Crippen molar-refractivity contribution in [3.63, 3.8) is 0 Å². The second-order valence-electron chi connectivity index (χ2n) is 4.12. The van der Waals surface area contributed by atoms with Gasteiger partial charge >= 0.3 is 0 Å². The van der Waals surface area contributed by atoms with E-state index in [1.165, 1.54) is 6.34 Å². The summed E-state index contributed by atoms with van der Waals surface area (Å²) >= 11 is 0. The number of rotatable bonds is 2. The van der Waals surface area contributed by atoms with Gasteiger partial charge in [-0.15, -0.1) is 0 Å². The Morgan fingerprint density at radius 1 is 1.53 bits per heavy atom. The minimum Gasteiger partial charge on any atom is -0.394 e. The van der Waals surface area contributed by atoms with Crippen molar-refractivity contribution < 1.29 is 14.6 Å². The predicted octanol–water partition coefficient (Wildman–Crippen LogP) is -0.837. The molecule has 1 saturated heterocycles. The van der Waals surface area contributed by atoms with Crippen LogP contribution in [0.1, 0.15) is 12.8 Å². The van der Waals surface area contributed by atoms with Crippen LogP contribution < -0.4 is 0 Å². The number of hydrogen-bond acceptors (Lipinski definition) is 6. The van der Waals surface area contributed by atoms with Gasteiger partial charge in [-0.05, 0) is 12.8 Å². The molecule has 0 bridgehead atoms. The van der Waals surface area contributed by atoms with E-state index < -0.39 is 6.04 Å². The maximum atomic E-state index is 11.5. The standard InChI is InChI=1S/C10H12N4O3/c15-3-6-1-2-7(17-6)14-5-13-8-9(14)11-4-12-10(8)16/h4-8,15H,1-3H2/t6-,7+,8?/m0/s1. The Kier molecular flexibility index (Phi) is 2.49. The minimum absolute atomic E-state index is 0.0117. The van der Waals surface area contributed by atoms with Crippen LogP contribution in [0.5, 0.6) is 0 Å². The molecule has 1 unspecified atom stereocenters. The highest BCUT2D eigenvalue weighted by Crippen LogP contribution is 2.25. The van der Waals surface area contributed by atoms with Crippen LogP contribution in [-0.4, -0.2) is 59.4 Å². The molecule has 17 heavy (non-hydrogen) atoms. The second kappa shape index (κ2) is 4.01. The monoisotopic (exact) mass is 236 g/mol. The first-order valence-electron chi connectivity index (χ1n) is 5.51. The highest BCUT2D eigenvalue weighted by atomic mass is 16.5. The summed E-state index contributed by atoms with van der Waals surface area (Å²) in [5, 5.41) is 9.02. The molecule has 7 heteroatoms. The zero-order chi connectivity index (χ0) is 11.8. The van der Waals surface area contributed by atoms with E-state index in [0.29, 0.717) is 5.84 Å². The van der Waals surface area contributed by atoms with Gasteiger partial charge in [-0.3, -0.25) is 14.7 Å². The van der Waals surface area contributed by atoms with Gasteiger partial charge in [0, 0.05) is 0 Å². The molecule has 1 N–H and O–H groups in total. The van der Waals surface area contributed by atoms with Crippen LogP contribution in [0.2, 0.25) is 0 Å². The van der Waals surface area contributed by atoms with E-state index in [9.17, 15) is 4.79 Å². The van der Waals surface area contributed by atoms with Crippen LogP contribution in [0.15, 0.2) is 15.0 Å². The Hall–Kier alpha value is -1.60. The van der Waals surface area contributed by atoms with E-state index >= 15 is 0 Å². The van der Waals surface area contributed by atoms with Gasteiger partial charge in [-0.1, -0.05) is 0 Å². The van der Waals surface area contributed by atoms with Gasteiger partial charge in [0.05, 0.1) is 19.0 Å². The quantitative estimate of drug-likeness (QED) is 0.677. The lowest BCUT2D eigenvalue weighted by Crippen LogP contribution is -2.43. The van der Waals surface area contributed by atoms with Gasteiger partial charge in [0.25, 0.3) is 5.91 Å². The van der Waals surface area contributed by atoms with Gasteiger partial charge < -0.3 is 9.84 Å². The molecular formula is C10H12N4O3. The summed E-state index contributed by atoms with van der Waals surface area (Å²) in [4.78, 5) is 25.0. The molecule has 0 radical (unpaired) electrons. The Morgan fingerprint density at radius 3 is 3.18 bits per heavy atom. The molecule has 0 saturated carbocycles. The molecule has 0 aliphatic carbocycles. The number of aliphatic hydroxyl groups is 1. The number of fused-ring (bicyclic) bond motifs is 1. The number of amides is 1. The summed E-state index contributed by atoms with van der Waals surface area (Å²) in [6.07, 6.45) is 4.06. The van der Waals surface area contributed by atoms with E-state index in [1.807, 2.05) is 0 Å². The summed E-state index contributed by atoms with van der Waals surface area (Å²) < 4.78 is 5.63. The zero-order valence-corrected chi connectivity index (χ0v) is 9.06. The molecule has 1 fully saturated rings. The lowest BCUT2D eigenvalue weighted by Gasteiger charge is -2.24. The first-order chi connectivity index (χ1) is 8.29. The number of carbonyl (C=O) groups is 1. The topological polar surface area (TPSA) is 86.9 Å². The van der Waals surface area contributed by atoms with Crippen LogP contribution in [-0.2, 0) is 9.53 Å². The fourth-order valence-corrected chi connectivity index (χ4v) is 2.18. The molecule has 1 amide bonds. The molecule has 3 aliphatic rings. The van der Waals surface area contributed by atoms with Gasteiger partial charge in [0.15, 0.2) is 6.04 Å². The van der Waals surface area contributed by atoms with Crippen molar-refractivity contribution in [2.45, 2.75) is 31.2 Å². The van der Waals surface area contributed by atoms with E-state index in [1.54, 1.807) is 11.2 Å². The summed E-state index contributed by atoms with van der Waals surface area (Å²) in [5.74, 6) is 0.263. The summed E-state index contributed by atoms with van der Waals surface area (Å²) in [6, 6.07) is -0.614. The molecule has 90 valence electrons. The molecule has 0 aromatic carbocycles. The number of aliphatic imine (C=N–C) groups is 3. The molecule has 0 aromatic heterocycles. The molecule has 7 nitrogen and oxygen atoms in total. The lowest BCUT2D eigenvalue weighted by molar-refractivity contribution is -0.117. The van der Waals surface area contributed by atoms with Crippen LogP contribution in [0, 0.1) is 0 Å². The highest BCUT2D eigenvalue weighted by Gasteiger charge is 2.39. The third-order valence-corrected chi connectivity index (χ3v) is 3.06. The maximum absolute atomic E-state index is 11.5. The third-order valence-electron chi connectivity index (χ3n) is 3.06. The number of amidine groups is 1. The largest absolute Gasteiger partial charge is 0.394 e. The van der Waals surface area contributed by atoms with Crippen molar-refractivity contribution in [2.24, 2.45) is 15.0 Å². The number of nitrogens with zero attached hydrogens (tertiary/aromatic N) is 4. The average molecular weight is 236 g/mol. The van der Waals surface area contributed by atoms with E-state index in [2.05, 4.69) is 15.0 Å². The molecule has 3 rings (SSSR count). The van der Waals surface area contributed by atoms with Crippen molar-refractivity contribution >= 4 is 24.4 Å². The Morgan fingerprint density at radius 2 is 2.41 bits per heavy atom. The Bertz CT molecular complexity index is 431. The maximum Gasteiger partial charge on any atom is 0.279 e. The van der Waals surface area contributed by atoms with Crippen LogP contribution in [0.4, 0.5) is 0 Å². The summed E-state index contributed by atoms with van der Waals surface area (Å²) in [5.41, 5.74) is 0. The molecule has 0 spiro atoms. The van der Waals surface area contributed by atoms with Crippen molar-refractivity contribution in [1.82, 2.24) is 4.90 Å². The molecule has 0 aromatic rings. The van der Waals surface area contributed by atoms with Crippen molar-refractivity contribution in [2.75, 3.05) is 6.61 Å². The third kappa shape index (κ3) is 1.67. The van der Waals surface area contributed by atoms with E-state index in [0.717, 1.165) is 12.8 Å². The minimum atomic E-state index is -0.614. The molecular weight excluding hydrogens is 224 g/mol.